The van der Waals surface area contributed by atoms with Crippen molar-refractivity contribution >= 4 is 5.96 Å². The monoisotopic (exact) mass is 261 g/mol. The molecular formula is C10H14F3N5. The Hall–Kier alpha value is -1.73. The van der Waals surface area contributed by atoms with Crippen LogP contribution in [-0.4, -0.2) is 28.8 Å². The Morgan fingerprint density at radius 1 is 1.50 bits per heavy atom. The minimum atomic E-state index is -4.43. The first-order valence-corrected chi connectivity index (χ1v) is 5.59. The average Bonchev–Trinajstić information content (AvgIpc) is 2.69. The summed E-state index contributed by atoms with van der Waals surface area (Å²) in [5.41, 5.74) is -0.742. The van der Waals surface area contributed by atoms with E-state index in [1.165, 1.54) is 13.2 Å². The number of guanidine groups is 1. The molecule has 1 aromatic rings. The molecule has 0 aromatic carbocycles. The van der Waals surface area contributed by atoms with Crippen LogP contribution in [0.3, 0.4) is 0 Å². The maximum absolute atomic E-state index is 12.7. The summed E-state index contributed by atoms with van der Waals surface area (Å²) in [7, 11) is 1.47. The van der Waals surface area contributed by atoms with Gasteiger partial charge in [-0.3, -0.25) is 9.67 Å². The highest BCUT2D eigenvalue weighted by molar-refractivity contribution is 5.80. The third kappa shape index (κ3) is 2.93. The molecule has 0 spiro atoms. The fraction of sp³-hybridized carbons (Fsp3) is 0.600. The van der Waals surface area contributed by atoms with E-state index in [1.807, 2.05) is 0 Å². The highest BCUT2D eigenvalue weighted by Crippen LogP contribution is 2.30. The van der Waals surface area contributed by atoms with Crippen LogP contribution in [-0.2, 0) is 19.8 Å². The highest BCUT2D eigenvalue weighted by Gasteiger charge is 2.36. The van der Waals surface area contributed by atoms with Crippen molar-refractivity contribution in [3.05, 3.63) is 17.5 Å². The van der Waals surface area contributed by atoms with Gasteiger partial charge in [-0.2, -0.15) is 18.3 Å². The van der Waals surface area contributed by atoms with Crippen LogP contribution in [0, 0.1) is 0 Å². The molecule has 0 amide bonds. The highest BCUT2D eigenvalue weighted by atomic mass is 19.4. The quantitative estimate of drug-likeness (QED) is 0.831. The van der Waals surface area contributed by atoms with E-state index in [9.17, 15) is 13.2 Å². The van der Waals surface area contributed by atoms with Gasteiger partial charge in [0.1, 0.15) is 0 Å². The summed E-state index contributed by atoms with van der Waals surface area (Å²) in [6.45, 7) is 1.52. The van der Waals surface area contributed by atoms with Crippen molar-refractivity contribution in [2.75, 3.05) is 13.1 Å². The maximum Gasteiger partial charge on any atom is 0.435 e. The zero-order chi connectivity index (χ0) is 13.2. The van der Waals surface area contributed by atoms with Gasteiger partial charge in [0.25, 0.3) is 0 Å². The zero-order valence-electron chi connectivity index (χ0n) is 9.88. The zero-order valence-corrected chi connectivity index (χ0v) is 9.88. The molecule has 8 heteroatoms. The SMILES string of the molecule is Cn1cc(CNC2=NCCCN2)c(C(F)(F)F)n1. The lowest BCUT2D eigenvalue weighted by Gasteiger charge is -2.16. The Morgan fingerprint density at radius 3 is 2.89 bits per heavy atom. The second kappa shape index (κ2) is 4.87. The smallest absolute Gasteiger partial charge is 0.356 e. The van der Waals surface area contributed by atoms with E-state index < -0.39 is 11.9 Å². The van der Waals surface area contributed by atoms with Gasteiger partial charge in [-0.25, -0.2) is 0 Å². The number of nitrogens with one attached hydrogen (secondary N) is 2. The van der Waals surface area contributed by atoms with Gasteiger partial charge >= 0.3 is 6.18 Å². The van der Waals surface area contributed by atoms with Crippen LogP contribution in [0.15, 0.2) is 11.2 Å². The van der Waals surface area contributed by atoms with Gasteiger partial charge < -0.3 is 10.6 Å². The van der Waals surface area contributed by atoms with Crippen LogP contribution in [0.4, 0.5) is 13.2 Å². The molecule has 1 aliphatic heterocycles. The lowest BCUT2D eigenvalue weighted by atomic mass is 10.2. The van der Waals surface area contributed by atoms with Crippen LogP contribution in [0.1, 0.15) is 17.7 Å². The summed E-state index contributed by atoms with van der Waals surface area (Å²) in [6, 6.07) is 0. The Morgan fingerprint density at radius 2 is 2.28 bits per heavy atom. The Bertz CT molecular complexity index is 449. The number of nitrogens with zero attached hydrogens (tertiary/aromatic N) is 3. The largest absolute Gasteiger partial charge is 0.435 e. The molecule has 2 heterocycles. The van der Waals surface area contributed by atoms with E-state index in [-0.39, 0.29) is 12.1 Å². The van der Waals surface area contributed by atoms with Gasteiger partial charge in [0.05, 0.1) is 0 Å². The van der Waals surface area contributed by atoms with E-state index in [4.69, 9.17) is 0 Å². The molecule has 0 saturated carbocycles. The van der Waals surface area contributed by atoms with Crippen molar-refractivity contribution < 1.29 is 13.2 Å². The van der Waals surface area contributed by atoms with E-state index in [0.717, 1.165) is 17.6 Å². The molecule has 0 bridgehead atoms. The lowest BCUT2D eigenvalue weighted by molar-refractivity contribution is -0.142. The number of aryl methyl sites for hydroxylation is 1. The number of aliphatic imine (C=N–C) groups is 1. The summed E-state index contributed by atoms with van der Waals surface area (Å²) in [4.78, 5) is 4.13. The standard InChI is InChI=1S/C10H14F3N5/c1-18-6-7(8(17-18)10(11,12)13)5-16-9-14-3-2-4-15-9/h6H,2-5H2,1H3,(H2,14,15,16). The molecule has 0 atom stereocenters. The molecule has 0 fully saturated rings. The third-order valence-corrected chi connectivity index (χ3v) is 2.52. The van der Waals surface area contributed by atoms with Gasteiger partial charge in [-0.15, -0.1) is 0 Å². The molecule has 2 rings (SSSR count). The molecule has 0 radical (unpaired) electrons. The number of hydrogen-bond donors (Lipinski definition) is 2. The molecular weight excluding hydrogens is 247 g/mol. The number of aromatic nitrogens is 2. The van der Waals surface area contributed by atoms with E-state index in [2.05, 4.69) is 20.7 Å². The van der Waals surface area contributed by atoms with E-state index >= 15 is 0 Å². The topological polar surface area (TPSA) is 54.2 Å². The van der Waals surface area contributed by atoms with Crippen LogP contribution < -0.4 is 10.6 Å². The first-order valence-electron chi connectivity index (χ1n) is 5.59. The fourth-order valence-corrected chi connectivity index (χ4v) is 1.74. The van der Waals surface area contributed by atoms with Crippen molar-refractivity contribution in [1.29, 1.82) is 0 Å². The molecule has 100 valence electrons. The Kier molecular flexibility index (Phi) is 3.44. The summed E-state index contributed by atoms with van der Waals surface area (Å²) < 4.78 is 39.2. The fourth-order valence-electron chi connectivity index (χ4n) is 1.74. The van der Waals surface area contributed by atoms with Gasteiger partial charge in [0.2, 0.25) is 0 Å². The minimum absolute atomic E-state index is 0.0501. The first kappa shape index (κ1) is 12.7. The third-order valence-electron chi connectivity index (χ3n) is 2.52. The maximum atomic E-state index is 12.7. The lowest BCUT2D eigenvalue weighted by Crippen LogP contribution is -2.40. The molecule has 18 heavy (non-hydrogen) atoms. The molecule has 0 aliphatic carbocycles. The Labute approximate surface area is 102 Å². The van der Waals surface area contributed by atoms with Gasteiger partial charge in [0.15, 0.2) is 11.7 Å². The molecule has 1 aromatic heterocycles. The van der Waals surface area contributed by atoms with Gasteiger partial charge in [0, 0.05) is 38.4 Å². The van der Waals surface area contributed by atoms with Crippen LogP contribution >= 0.6 is 0 Å². The molecule has 0 saturated heterocycles. The second-order valence-corrected chi connectivity index (χ2v) is 4.04. The van der Waals surface area contributed by atoms with Crippen LogP contribution in [0.25, 0.3) is 0 Å². The second-order valence-electron chi connectivity index (χ2n) is 4.04. The first-order chi connectivity index (χ1) is 8.47. The normalized spacial score (nSPS) is 16.1. The van der Waals surface area contributed by atoms with Crippen molar-refractivity contribution in [2.45, 2.75) is 19.1 Å². The van der Waals surface area contributed by atoms with Crippen LogP contribution in [0.2, 0.25) is 0 Å². The molecule has 0 unspecified atom stereocenters. The minimum Gasteiger partial charge on any atom is -0.356 e. The van der Waals surface area contributed by atoms with Crippen molar-refractivity contribution in [3.63, 3.8) is 0 Å². The molecule has 1 aliphatic rings. The molecule has 5 nitrogen and oxygen atoms in total. The van der Waals surface area contributed by atoms with Gasteiger partial charge in [-0.1, -0.05) is 0 Å². The van der Waals surface area contributed by atoms with E-state index in [1.54, 1.807) is 0 Å². The predicted octanol–water partition coefficient (Wildman–Crippen LogP) is 0.878. The summed E-state index contributed by atoms with van der Waals surface area (Å²) in [5.74, 6) is 0.540. The number of alkyl halides is 3. The van der Waals surface area contributed by atoms with Crippen molar-refractivity contribution in [2.24, 2.45) is 12.0 Å². The number of rotatable bonds is 2. The van der Waals surface area contributed by atoms with Crippen molar-refractivity contribution in [3.8, 4) is 0 Å². The predicted molar refractivity (Wildman–Crippen MR) is 60.0 cm³/mol. The molecule has 2 N–H and O–H groups in total. The summed E-state index contributed by atoms with van der Waals surface area (Å²) in [6.07, 6.45) is -2.13. The van der Waals surface area contributed by atoms with Crippen LogP contribution in [0.5, 0.6) is 0 Å². The number of hydrogen-bond acceptors (Lipinski definition) is 4. The average molecular weight is 261 g/mol. The number of halogens is 3. The van der Waals surface area contributed by atoms with Gasteiger partial charge in [-0.05, 0) is 6.42 Å². The van der Waals surface area contributed by atoms with E-state index in [0.29, 0.717) is 12.5 Å². The summed E-state index contributed by atoms with van der Waals surface area (Å²) >= 11 is 0. The summed E-state index contributed by atoms with van der Waals surface area (Å²) in [5, 5.41) is 9.27. The van der Waals surface area contributed by atoms with Crippen molar-refractivity contribution in [1.82, 2.24) is 20.4 Å². The Balaban J connectivity index is 2.07.